The van der Waals surface area contributed by atoms with Crippen molar-refractivity contribution in [3.63, 3.8) is 0 Å². The molecular formula is C22H33N5O4. The van der Waals surface area contributed by atoms with E-state index in [1.165, 1.54) is 0 Å². The summed E-state index contributed by atoms with van der Waals surface area (Å²) in [4.78, 5) is 32.4. The number of nitrogens with zero attached hydrogens (tertiary/aromatic N) is 3. The van der Waals surface area contributed by atoms with Crippen LogP contribution in [0.3, 0.4) is 0 Å². The molecule has 2 heterocycles. The van der Waals surface area contributed by atoms with Crippen molar-refractivity contribution < 1.29 is 19.4 Å². The van der Waals surface area contributed by atoms with E-state index >= 15 is 0 Å². The lowest BCUT2D eigenvalue weighted by Crippen LogP contribution is -2.53. The minimum Gasteiger partial charge on any atom is -0.478 e. The molecule has 9 heteroatoms. The average Bonchev–Trinajstić information content (AvgIpc) is 3.25. The zero-order chi connectivity index (χ0) is 22.2. The van der Waals surface area contributed by atoms with E-state index in [2.05, 4.69) is 20.4 Å². The number of carboxylic acid groups (broad SMARTS) is 1. The maximum absolute atomic E-state index is 12.1. The molecule has 170 valence electrons. The number of aliphatic imine (C=N–C) groups is 1. The lowest BCUT2D eigenvalue weighted by molar-refractivity contribution is -0.123. The average molecular weight is 432 g/mol. The zero-order valence-corrected chi connectivity index (χ0v) is 18.3. The molecule has 3 rings (SSSR count). The van der Waals surface area contributed by atoms with Crippen LogP contribution in [0.4, 0.5) is 5.69 Å². The van der Waals surface area contributed by atoms with Crippen LogP contribution in [0, 0.1) is 0 Å². The second-order valence-corrected chi connectivity index (χ2v) is 8.30. The predicted octanol–water partition coefficient (Wildman–Crippen LogP) is 1.47. The van der Waals surface area contributed by atoms with Gasteiger partial charge in [0, 0.05) is 44.5 Å². The van der Waals surface area contributed by atoms with Gasteiger partial charge in [0.15, 0.2) is 5.96 Å². The molecule has 2 saturated heterocycles. The minimum atomic E-state index is -0.963. The van der Waals surface area contributed by atoms with Crippen molar-refractivity contribution in [2.75, 3.05) is 51.2 Å². The number of anilines is 1. The second kappa shape index (κ2) is 11.1. The maximum atomic E-state index is 12.1. The first-order valence-electron chi connectivity index (χ1n) is 10.9. The molecule has 3 N–H and O–H groups in total. The van der Waals surface area contributed by atoms with Gasteiger partial charge in [-0.3, -0.25) is 14.7 Å². The van der Waals surface area contributed by atoms with Crippen LogP contribution >= 0.6 is 0 Å². The molecular weight excluding hydrogens is 398 g/mol. The van der Waals surface area contributed by atoms with E-state index in [-0.39, 0.29) is 23.6 Å². The Balaban J connectivity index is 1.64. The number of piperazine rings is 1. The molecule has 1 amide bonds. The summed E-state index contributed by atoms with van der Waals surface area (Å²) in [5, 5.41) is 15.5. The summed E-state index contributed by atoms with van der Waals surface area (Å²) in [6, 6.07) is 6.86. The molecule has 9 nitrogen and oxygen atoms in total. The number of hydrogen-bond donors (Lipinski definition) is 3. The van der Waals surface area contributed by atoms with Crippen LogP contribution in [0.25, 0.3) is 0 Å². The van der Waals surface area contributed by atoms with Gasteiger partial charge in [0.2, 0.25) is 5.91 Å². The zero-order valence-electron chi connectivity index (χ0n) is 18.3. The molecule has 0 aromatic heterocycles. The first-order valence-corrected chi connectivity index (χ1v) is 10.9. The third-order valence-corrected chi connectivity index (χ3v) is 5.32. The quantitative estimate of drug-likeness (QED) is 0.443. The summed E-state index contributed by atoms with van der Waals surface area (Å²) in [6.07, 6.45) is 2.19. The van der Waals surface area contributed by atoms with Gasteiger partial charge < -0.3 is 25.4 Å². The minimum absolute atomic E-state index is 0.0410. The molecule has 2 aliphatic rings. The molecule has 1 aromatic carbocycles. The highest BCUT2D eigenvalue weighted by atomic mass is 16.5. The smallest absolute Gasteiger partial charge is 0.335 e. The molecule has 2 aliphatic heterocycles. The molecule has 0 aliphatic carbocycles. The standard InChI is InChI=1S/C22H33N5O4/c1-16(2)24-20(28)15-26-8-10-27(11-9-26)22(23-14-19-7-4-12-31-19)25-18-6-3-5-17(13-18)21(29)30/h3,5-6,13,16,19H,4,7-12,14-15H2,1-2H3,(H,23,25)(H,24,28)(H,29,30)/t19-/m1/s1. The van der Waals surface area contributed by atoms with Gasteiger partial charge in [0.25, 0.3) is 0 Å². The molecule has 0 saturated carbocycles. The largest absolute Gasteiger partial charge is 0.478 e. The number of carboxylic acids is 1. The number of ether oxygens (including phenoxy) is 1. The Hall–Kier alpha value is -2.65. The Morgan fingerprint density at radius 1 is 1.26 bits per heavy atom. The Bertz CT molecular complexity index is 784. The van der Waals surface area contributed by atoms with Crippen molar-refractivity contribution in [3.8, 4) is 0 Å². The first-order chi connectivity index (χ1) is 14.9. The summed E-state index contributed by atoms with van der Waals surface area (Å²) in [6.45, 7) is 8.61. The van der Waals surface area contributed by atoms with E-state index in [4.69, 9.17) is 9.73 Å². The molecule has 0 radical (unpaired) electrons. The van der Waals surface area contributed by atoms with Gasteiger partial charge in [0.1, 0.15) is 0 Å². The Morgan fingerprint density at radius 2 is 2.03 bits per heavy atom. The van der Waals surface area contributed by atoms with Crippen LogP contribution in [0.15, 0.2) is 29.3 Å². The van der Waals surface area contributed by atoms with Gasteiger partial charge >= 0.3 is 5.97 Å². The van der Waals surface area contributed by atoms with Crippen molar-refractivity contribution in [1.82, 2.24) is 15.1 Å². The fraction of sp³-hybridized carbons (Fsp3) is 0.591. The highest BCUT2D eigenvalue weighted by molar-refractivity contribution is 5.96. The number of hydrogen-bond acceptors (Lipinski definition) is 5. The Kier molecular flexibility index (Phi) is 8.25. The van der Waals surface area contributed by atoms with E-state index in [0.717, 1.165) is 45.6 Å². The van der Waals surface area contributed by atoms with Crippen LogP contribution < -0.4 is 10.6 Å². The summed E-state index contributed by atoms with van der Waals surface area (Å²) in [5.74, 6) is -0.210. The van der Waals surface area contributed by atoms with Crippen molar-refractivity contribution in [1.29, 1.82) is 0 Å². The topological polar surface area (TPSA) is 107 Å². The lowest BCUT2D eigenvalue weighted by Gasteiger charge is -2.36. The molecule has 31 heavy (non-hydrogen) atoms. The number of carbonyl (C=O) groups is 2. The number of aromatic carboxylic acids is 1. The van der Waals surface area contributed by atoms with Gasteiger partial charge in [-0.05, 0) is 44.9 Å². The third kappa shape index (κ3) is 7.22. The van der Waals surface area contributed by atoms with Crippen LogP contribution in [-0.4, -0.2) is 90.8 Å². The number of amides is 1. The van der Waals surface area contributed by atoms with Gasteiger partial charge in [-0.2, -0.15) is 0 Å². The van der Waals surface area contributed by atoms with Crippen molar-refractivity contribution in [2.45, 2.75) is 38.8 Å². The number of nitrogens with one attached hydrogen (secondary N) is 2. The Morgan fingerprint density at radius 3 is 2.68 bits per heavy atom. The SMILES string of the molecule is CC(C)NC(=O)CN1CCN(C(=NC[C@H]2CCCO2)Nc2cccc(C(=O)O)c2)CC1. The highest BCUT2D eigenvalue weighted by Crippen LogP contribution is 2.15. The summed E-state index contributed by atoms with van der Waals surface area (Å²) in [5.41, 5.74) is 0.911. The van der Waals surface area contributed by atoms with Crippen LogP contribution in [0.2, 0.25) is 0 Å². The van der Waals surface area contributed by atoms with Gasteiger partial charge in [-0.15, -0.1) is 0 Å². The van der Waals surface area contributed by atoms with Gasteiger partial charge in [-0.25, -0.2) is 4.79 Å². The molecule has 0 spiro atoms. The third-order valence-electron chi connectivity index (χ3n) is 5.32. The molecule has 1 atom stereocenters. The number of rotatable bonds is 7. The molecule has 2 fully saturated rings. The van der Waals surface area contributed by atoms with Gasteiger partial charge in [-0.1, -0.05) is 6.07 Å². The van der Waals surface area contributed by atoms with E-state index in [0.29, 0.717) is 24.7 Å². The monoisotopic (exact) mass is 431 g/mol. The lowest BCUT2D eigenvalue weighted by atomic mass is 10.2. The van der Waals surface area contributed by atoms with Crippen LogP contribution in [-0.2, 0) is 9.53 Å². The predicted molar refractivity (Wildman–Crippen MR) is 120 cm³/mol. The molecule has 0 bridgehead atoms. The van der Waals surface area contributed by atoms with Crippen LogP contribution in [0.5, 0.6) is 0 Å². The normalized spacial score (nSPS) is 20.2. The Labute approximate surface area is 183 Å². The second-order valence-electron chi connectivity index (χ2n) is 8.30. The first kappa shape index (κ1) is 23.0. The summed E-state index contributed by atoms with van der Waals surface area (Å²) in [7, 11) is 0. The van der Waals surface area contributed by atoms with E-state index in [9.17, 15) is 14.7 Å². The van der Waals surface area contributed by atoms with E-state index in [1.807, 2.05) is 19.9 Å². The van der Waals surface area contributed by atoms with Crippen molar-refractivity contribution in [2.24, 2.45) is 4.99 Å². The highest BCUT2D eigenvalue weighted by Gasteiger charge is 2.23. The molecule has 1 aromatic rings. The fourth-order valence-electron chi connectivity index (χ4n) is 3.74. The van der Waals surface area contributed by atoms with Crippen molar-refractivity contribution >= 4 is 23.5 Å². The summed E-state index contributed by atoms with van der Waals surface area (Å²) >= 11 is 0. The molecule has 0 unspecified atom stereocenters. The maximum Gasteiger partial charge on any atom is 0.335 e. The summed E-state index contributed by atoms with van der Waals surface area (Å²) < 4.78 is 5.70. The number of benzene rings is 1. The van der Waals surface area contributed by atoms with Crippen molar-refractivity contribution in [3.05, 3.63) is 29.8 Å². The van der Waals surface area contributed by atoms with Gasteiger partial charge in [0.05, 0.1) is 24.8 Å². The van der Waals surface area contributed by atoms with E-state index in [1.54, 1.807) is 18.2 Å². The van der Waals surface area contributed by atoms with Crippen LogP contribution in [0.1, 0.15) is 37.0 Å². The fourth-order valence-corrected chi connectivity index (χ4v) is 3.74. The number of carbonyl (C=O) groups excluding carboxylic acids is 1. The van der Waals surface area contributed by atoms with E-state index < -0.39 is 5.97 Å². The number of guanidine groups is 1.